The Labute approximate surface area is 92.3 Å². The van der Waals surface area contributed by atoms with Gasteiger partial charge in [-0.1, -0.05) is 6.92 Å². The minimum atomic E-state index is 0.0448. The fraction of sp³-hybridized carbons (Fsp3) is 0.300. The quantitative estimate of drug-likeness (QED) is 0.812. The average molecular weight is 217 g/mol. The summed E-state index contributed by atoms with van der Waals surface area (Å²) in [5.41, 5.74) is 7.27. The normalized spacial score (nSPS) is 10.3. The fourth-order valence-corrected chi connectivity index (χ4v) is 1.50. The van der Waals surface area contributed by atoms with Crippen LogP contribution in [0.2, 0.25) is 0 Å². The van der Waals surface area contributed by atoms with E-state index >= 15 is 0 Å². The lowest BCUT2D eigenvalue weighted by molar-refractivity contribution is 0.593. The number of nitriles is 1. The zero-order valence-corrected chi connectivity index (χ0v) is 9.06. The third kappa shape index (κ3) is 1.52. The number of nitrogens with two attached hydrogens (primary N) is 1. The molecule has 0 atom stereocenters. The lowest BCUT2D eigenvalue weighted by atomic mass is 10.2. The van der Waals surface area contributed by atoms with Crippen molar-refractivity contribution >= 4 is 5.88 Å². The molecule has 0 aromatic carbocycles. The zero-order valence-electron chi connectivity index (χ0n) is 9.06. The van der Waals surface area contributed by atoms with Crippen molar-refractivity contribution in [1.29, 1.82) is 5.26 Å². The summed E-state index contributed by atoms with van der Waals surface area (Å²) in [5.74, 6) is 0.391. The summed E-state index contributed by atoms with van der Waals surface area (Å²) in [7, 11) is 1.82. The van der Waals surface area contributed by atoms with E-state index in [0.29, 0.717) is 5.89 Å². The summed E-state index contributed by atoms with van der Waals surface area (Å²) in [6, 6.07) is 1.87. The summed E-state index contributed by atoms with van der Waals surface area (Å²) in [5, 5.41) is 13.0. The molecule has 16 heavy (non-hydrogen) atoms. The minimum Gasteiger partial charge on any atom is -0.419 e. The monoisotopic (exact) mass is 217 g/mol. The van der Waals surface area contributed by atoms with Gasteiger partial charge in [0.2, 0.25) is 17.5 Å². The van der Waals surface area contributed by atoms with E-state index in [2.05, 4.69) is 10.1 Å². The van der Waals surface area contributed by atoms with Gasteiger partial charge in [-0.15, -0.1) is 0 Å². The van der Waals surface area contributed by atoms with Crippen LogP contribution in [0.4, 0.5) is 5.88 Å². The van der Waals surface area contributed by atoms with Crippen LogP contribution in [0.1, 0.15) is 18.3 Å². The Morgan fingerprint density at radius 2 is 2.38 bits per heavy atom. The van der Waals surface area contributed by atoms with E-state index in [1.165, 1.54) is 0 Å². The predicted molar refractivity (Wildman–Crippen MR) is 57.2 cm³/mol. The molecule has 0 saturated carbocycles. The van der Waals surface area contributed by atoms with Gasteiger partial charge in [0.25, 0.3) is 0 Å². The topological polar surface area (TPSA) is 93.7 Å². The summed E-state index contributed by atoms with van der Waals surface area (Å²) >= 11 is 0. The van der Waals surface area contributed by atoms with E-state index < -0.39 is 0 Å². The van der Waals surface area contributed by atoms with Crippen molar-refractivity contribution in [2.45, 2.75) is 13.3 Å². The summed E-state index contributed by atoms with van der Waals surface area (Å²) in [4.78, 5) is 4.01. The van der Waals surface area contributed by atoms with Gasteiger partial charge in [-0.05, 0) is 6.42 Å². The highest BCUT2D eigenvalue weighted by molar-refractivity contribution is 5.59. The number of rotatable bonds is 2. The Morgan fingerprint density at radius 3 is 2.94 bits per heavy atom. The second-order valence-corrected chi connectivity index (χ2v) is 3.36. The summed E-state index contributed by atoms with van der Waals surface area (Å²) < 4.78 is 6.92. The summed E-state index contributed by atoms with van der Waals surface area (Å²) in [6.45, 7) is 1.99. The third-order valence-corrected chi connectivity index (χ3v) is 2.23. The molecule has 6 heteroatoms. The van der Waals surface area contributed by atoms with Crippen molar-refractivity contribution in [3.05, 3.63) is 17.6 Å². The van der Waals surface area contributed by atoms with Crippen molar-refractivity contribution in [3.8, 4) is 17.5 Å². The van der Waals surface area contributed by atoms with Crippen LogP contribution in [0.5, 0.6) is 0 Å². The first-order valence-electron chi connectivity index (χ1n) is 4.85. The maximum atomic E-state index is 8.74. The van der Waals surface area contributed by atoms with Crippen LogP contribution < -0.4 is 5.73 Å². The Hall–Kier alpha value is -2.29. The number of nitrogen functional groups attached to an aromatic ring is 1. The van der Waals surface area contributed by atoms with E-state index in [9.17, 15) is 0 Å². The van der Waals surface area contributed by atoms with E-state index in [-0.39, 0.29) is 11.6 Å². The molecule has 6 nitrogen and oxygen atoms in total. The van der Waals surface area contributed by atoms with Gasteiger partial charge in [0.05, 0.1) is 11.3 Å². The third-order valence-electron chi connectivity index (χ3n) is 2.23. The number of nitrogens with zero attached hydrogens (tertiary/aromatic N) is 4. The molecule has 2 heterocycles. The maximum Gasteiger partial charge on any atom is 0.233 e. The number of oxazole rings is 1. The molecule has 0 fully saturated rings. The molecule has 2 aromatic heterocycles. The Bertz CT molecular complexity index is 560. The van der Waals surface area contributed by atoms with Crippen molar-refractivity contribution in [1.82, 2.24) is 14.8 Å². The molecule has 0 aliphatic carbocycles. The summed E-state index contributed by atoms with van der Waals surface area (Å²) in [6.07, 6.45) is 2.56. The molecule has 0 unspecified atom stereocenters. The first kappa shape index (κ1) is 10.2. The lowest BCUT2D eigenvalue weighted by Crippen LogP contribution is -1.89. The van der Waals surface area contributed by atoms with Gasteiger partial charge >= 0.3 is 0 Å². The molecule has 0 aliphatic rings. The largest absolute Gasteiger partial charge is 0.419 e. The van der Waals surface area contributed by atoms with Crippen LogP contribution in [0.15, 0.2) is 10.6 Å². The molecule has 0 amide bonds. The number of aromatic nitrogens is 3. The number of hydrogen-bond donors (Lipinski definition) is 1. The number of aryl methyl sites for hydroxylation is 2. The van der Waals surface area contributed by atoms with E-state index in [4.69, 9.17) is 15.4 Å². The SMILES string of the molecule is CCc1nn(C)cc1-c1nc(C#N)c(N)o1. The highest BCUT2D eigenvalue weighted by Gasteiger charge is 2.16. The highest BCUT2D eigenvalue weighted by Crippen LogP contribution is 2.25. The van der Waals surface area contributed by atoms with Crippen LogP contribution in [-0.2, 0) is 13.5 Å². The van der Waals surface area contributed by atoms with Crippen LogP contribution in [0.25, 0.3) is 11.5 Å². The van der Waals surface area contributed by atoms with Crippen molar-refractivity contribution in [3.63, 3.8) is 0 Å². The lowest BCUT2D eigenvalue weighted by Gasteiger charge is -1.91. The molecule has 0 radical (unpaired) electrons. The fourth-order valence-electron chi connectivity index (χ4n) is 1.50. The van der Waals surface area contributed by atoms with Gasteiger partial charge in [0.15, 0.2) is 0 Å². The Balaban J connectivity index is 2.54. The minimum absolute atomic E-state index is 0.0448. The second kappa shape index (κ2) is 3.70. The first-order valence-corrected chi connectivity index (χ1v) is 4.85. The molecule has 0 saturated heterocycles. The van der Waals surface area contributed by atoms with E-state index in [1.807, 2.05) is 20.0 Å². The van der Waals surface area contributed by atoms with Gasteiger partial charge in [0.1, 0.15) is 6.07 Å². The van der Waals surface area contributed by atoms with Crippen LogP contribution in [0, 0.1) is 11.3 Å². The second-order valence-electron chi connectivity index (χ2n) is 3.36. The van der Waals surface area contributed by atoms with Crippen molar-refractivity contribution in [2.75, 3.05) is 5.73 Å². The first-order chi connectivity index (χ1) is 7.65. The smallest absolute Gasteiger partial charge is 0.233 e. The van der Waals surface area contributed by atoms with Gasteiger partial charge in [-0.25, -0.2) is 0 Å². The predicted octanol–water partition coefficient (Wildman–Crippen LogP) is 1.09. The van der Waals surface area contributed by atoms with Crippen LogP contribution >= 0.6 is 0 Å². The van der Waals surface area contributed by atoms with Crippen molar-refractivity contribution < 1.29 is 4.42 Å². The molecule has 2 aromatic rings. The zero-order chi connectivity index (χ0) is 11.7. The maximum absolute atomic E-state index is 8.74. The molecule has 0 spiro atoms. The van der Waals surface area contributed by atoms with E-state index in [0.717, 1.165) is 17.7 Å². The molecule has 0 aliphatic heterocycles. The van der Waals surface area contributed by atoms with E-state index in [1.54, 1.807) is 10.9 Å². The molecular formula is C10H11N5O. The Morgan fingerprint density at radius 1 is 1.62 bits per heavy atom. The molecule has 82 valence electrons. The van der Waals surface area contributed by atoms with Gasteiger partial charge in [0, 0.05) is 13.2 Å². The molecule has 2 N–H and O–H groups in total. The molecule has 0 bridgehead atoms. The van der Waals surface area contributed by atoms with Gasteiger partial charge in [-0.2, -0.15) is 15.3 Å². The van der Waals surface area contributed by atoms with Crippen LogP contribution in [0.3, 0.4) is 0 Å². The number of anilines is 1. The Kier molecular flexibility index (Phi) is 2.37. The standard InChI is InChI=1S/C10H11N5O/c1-3-7-6(5-15(2)14-7)10-13-8(4-11)9(12)16-10/h5H,3,12H2,1-2H3. The van der Waals surface area contributed by atoms with Gasteiger partial charge < -0.3 is 10.2 Å². The number of hydrogen-bond acceptors (Lipinski definition) is 5. The van der Waals surface area contributed by atoms with Gasteiger partial charge in [-0.3, -0.25) is 4.68 Å². The average Bonchev–Trinajstić information content (AvgIpc) is 2.81. The highest BCUT2D eigenvalue weighted by atomic mass is 16.4. The van der Waals surface area contributed by atoms with Crippen molar-refractivity contribution in [2.24, 2.45) is 7.05 Å². The molecule has 2 rings (SSSR count). The van der Waals surface area contributed by atoms with Crippen LogP contribution in [-0.4, -0.2) is 14.8 Å². The molecular weight excluding hydrogens is 206 g/mol.